The molecule has 0 spiro atoms. The Labute approximate surface area is 353 Å². The van der Waals surface area contributed by atoms with Crippen LogP contribution in [0.15, 0.2) is 218 Å². The van der Waals surface area contributed by atoms with Gasteiger partial charge in [-0.25, -0.2) is 19.2 Å². The predicted octanol–water partition coefficient (Wildman–Crippen LogP) is 7.94. The average Bonchev–Trinajstić information content (AvgIpc) is 3.31. The highest BCUT2D eigenvalue weighted by atomic mass is 28.3. The van der Waals surface area contributed by atoms with Crippen molar-refractivity contribution < 1.29 is 38.1 Å². The van der Waals surface area contributed by atoms with Crippen LogP contribution in [0, 0.1) is 0 Å². The first kappa shape index (κ1) is 39.7. The van der Waals surface area contributed by atoms with E-state index < -0.39 is 32.0 Å². The molecule has 0 unspecified atom stereocenters. The van der Waals surface area contributed by atoms with Crippen LogP contribution in [0.2, 0.25) is 0 Å². The molecule has 0 fully saturated rings. The van der Waals surface area contributed by atoms with Gasteiger partial charge in [-0.05, 0) is 118 Å². The summed E-state index contributed by atoms with van der Waals surface area (Å²) >= 11 is 0. The molecule has 0 heterocycles. The fourth-order valence-corrected chi connectivity index (χ4v) is 11.7. The van der Waals surface area contributed by atoms with E-state index in [-0.39, 0.29) is 0 Å². The van der Waals surface area contributed by atoms with Gasteiger partial charge >= 0.3 is 23.9 Å². The van der Waals surface area contributed by atoms with Crippen molar-refractivity contribution in [2.45, 2.75) is 0 Å². The van der Waals surface area contributed by atoms with E-state index >= 15 is 0 Å². The molecule has 0 N–H and O–H groups in total. The molecule has 61 heavy (non-hydrogen) atoms. The van der Waals surface area contributed by atoms with Crippen molar-refractivity contribution in [3.8, 4) is 23.0 Å². The summed E-state index contributed by atoms with van der Waals surface area (Å²) in [4.78, 5) is 53.4. The van der Waals surface area contributed by atoms with Gasteiger partial charge in [-0.1, -0.05) is 121 Å². The Balaban J connectivity index is 1.24. The van der Waals surface area contributed by atoms with Gasteiger partial charge in [0.05, 0.1) is 22.3 Å². The molecule has 0 aliphatic rings. The molecule has 0 bridgehead atoms. The molecule has 8 aromatic carbocycles. The molecule has 0 aromatic heterocycles. The van der Waals surface area contributed by atoms with Gasteiger partial charge in [0.25, 0.3) is 0 Å². The van der Waals surface area contributed by atoms with Crippen molar-refractivity contribution in [3.05, 3.63) is 241 Å². The largest absolute Gasteiger partial charge is 0.423 e. The van der Waals surface area contributed by atoms with Gasteiger partial charge in [0, 0.05) is 0 Å². The zero-order valence-corrected chi connectivity index (χ0v) is 33.6. The monoisotopic (exact) mass is 816 g/mol. The third-order valence-electron chi connectivity index (χ3n) is 10.0. The van der Waals surface area contributed by atoms with Gasteiger partial charge in [-0.3, -0.25) is 0 Å². The summed E-state index contributed by atoms with van der Waals surface area (Å²) in [6, 6.07) is 64.4. The van der Waals surface area contributed by atoms with E-state index in [1.165, 1.54) is 0 Å². The van der Waals surface area contributed by atoms with Gasteiger partial charge in [-0.2, -0.15) is 0 Å². The Morgan fingerprint density at radius 2 is 0.426 bits per heavy atom. The maximum Gasteiger partial charge on any atom is 0.343 e. The number of hydrogen-bond donors (Lipinski definition) is 0. The van der Waals surface area contributed by atoms with E-state index in [1.807, 2.05) is 72.8 Å². The summed E-state index contributed by atoms with van der Waals surface area (Å²) < 4.78 is 22.6. The van der Waals surface area contributed by atoms with Gasteiger partial charge in [-0.15, -0.1) is 0 Å². The fourth-order valence-electron chi connectivity index (χ4n) is 7.04. The molecule has 0 amide bonds. The molecule has 8 aromatic rings. The molecule has 0 aliphatic heterocycles. The van der Waals surface area contributed by atoms with Crippen LogP contribution in [-0.4, -0.2) is 32.0 Å². The Kier molecular flexibility index (Phi) is 11.8. The molecule has 8 nitrogen and oxygen atoms in total. The molecular weight excluding hydrogens is 781 g/mol. The highest BCUT2D eigenvalue weighted by Crippen LogP contribution is 2.19. The smallest absolute Gasteiger partial charge is 0.343 e. The van der Waals surface area contributed by atoms with Crippen LogP contribution in [0.4, 0.5) is 0 Å². The first-order valence-corrected chi connectivity index (χ1v) is 21.4. The number of benzene rings is 8. The van der Waals surface area contributed by atoms with E-state index in [1.54, 1.807) is 146 Å². The van der Waals surface area contributed by atoms with Crippen LogP contribution in [0.25, 0.3) is 0 Å². The van der Waals surface area contributed by atoms with E-state index in [2.05, 4.69) is 0 Å². The number of rotatable bonds is 12. The Bertz CT molecular complexity index is 2370. The summed E-state index contributed by atoms with van der Waals surface area (Å²) in [5.74, 6) is -0.401. The Morgan fingerprint density at radius 1 is 0.246 bits per heavy atom. The Hall–Kier alpha value is -8.14. The third-order valence-corrected chi connectivity index (χ3v) is 14.8. The number of para-hydroxylation sites is 4. The maximum atomic E-state index is 13.3. The van der Waals surface area contributed by atoms with Crippen LogP contribution in [0.1, 0.15) is 41.4 Å². The minimum absolute atomic E-state index is 0.340. The number of ether oxygens (including phenoxy) is 4. The van der Waals surface area contributed by atoms with Gasteiger partial charge < -0.3 is 18.9 Å². The lowest BCUT2D eigenvalue weighted by Crippen LogP contribution is -2.74. The van der Waals surface area contributed by atoms with Crippen LogP contribution in [-0.2, 0) is 0 Å². The quantitative estimate of drug-likeness (QED) is 0.0530. The SMILES string of the molecule is O=C(Oc1ccccc1)c1ccc([Si](c2ccc(C(=O)Oc3ccccc3)cc2)(c2ccc(C(=O)Oc3ccccc3)cc2)c2ccc(C(=O)Oc3ccccc3)cc2)cc1. The molecule has 0 saturated carbocycles. The van der Waals surface area contributed by atoms with Crippen LogP contribution >= 0.6 is 0 Å². The molecule has 296 valence electrons. The summed E-state index contributed by atoms with van der Waals surface area (Å²) in [6.07, 6.45) is 0. The standard InChI is InChI=1S/C52H36O8Si/c53-49(57-41-13-5-1-6-14-41)37-21-29-45(30-22-37)61(46-31-23-38(24-32-46)50(54)58-42-15-7-2-8-16-42,47-33-25-39(26-34-47)51(55)59-43-17-9-3-10-18-43)48-35-27-40(28-36-48)52(56)60-44-19-11-4-12-20-44/h1-36H. The van der Waals surface area contributed by atoms with Gasteiger partial charge in [0.15, 0.2) is 8.07 Å². The second kappa shape index (κ2) is 18.2. The highest BCUT2D eigenvalue weighted by Gasteiger charge is 2.42. The molecule has 0 aliphatic carbocycles. The van der Waals surface area contributed by atoms with E-state index in [0.29, 0.717) is 45.3 Å². The minimum atomic E-state index is -3.44. The first-order chi connectivity index (χ1) is 29.9. The van der Waals surface area contributed by atoms with Crippen LogP contribution in [0.3, 0.4) is 0 Å². The molecule has 0 saturated heterocycles. The third kappa shape index (κ3) is 8.97. The summed E-state index contributed by atoms with van der Waals surface area (Å²) in [7, 11) is -3.44. The van der Waals surface area contributed by atoms with Gasteiger partial charge in [0.1, 0.15) is 23.0 Å². The lowest BCUT2D eigenvalue weighted by Gasteiger charge is -2.34. The molecular formula is C52H36O8Si. The maximum absolute atomic E-state index is 13.3. The lowest BCUT2D eigenvalue weighted by molar-refractivity contribution is 0.0725. The Morgan fingerprint density at radius 3 is 0.607 bits per heavy atom. The molecule has 9 heteroatoms. The molecule has 0 radical (unpaired) electrons. The van der Waals surface area contributed by atoms with Gasteiger partial charge in [0.2, 0.25) is 0 Å². The summed E-state index contributed by atoms with van der Waals surface area (Å²) in [6.45, 7) is 0. The topological polar surface area (TPSA) is 105 Å². The van der Waals surface area contributed by atoms with Crippen LogP contribution in [0.5, 0.6) is 23.0 Å². The average molecular weight is 817 g/mol. The normalized spacial score (nSPS) is 10.9. The first-order valence-electron chi connectivity index (χ1n) is 19.4. The number of hydrogen-bond acceptors (Lipinski definition) is 8. The fraction of sp³-hybridized carbons (Fsp3) is 0. The highest BCUT2D eigenvalue weighted by molar-refractivity contribution is 7.19. The van der Waals surface area contributed by atoms with E-state index in [9.17, 15) is 19.2 Å². The van der Waals surface area contributed by atoms with Crippen molar-refractivity contribution in [1.82, 2.24) is 0 Å². The van der Waals surface area contributed by atoms with Crippen molar-refractivity contribution in [1.29, 1.82) is 0 Å². The lowest BCUT2D eigenvalue weighted by atomic mass is 10.2. The number of carbonyl (C=O) groups excluding carboxylic acids is 4. The van der Waals surface area contributed by atoms with E-state index in [0.717, 1.165) is 20.7 Å². The van der Waals surface area contributed by atoms with Crippen molar-refractivity contribution in [3.63, 3.8) is 0 Å². The van der Waals surface area contributed by atoms with Crippen molar-refractivity contribution >= 4 is 52.7 Å². The second-order valence-corrected chi connectivity index (χ2v) is 17.7. The minimum Gasteiger partial charge on any atom is -0.423 e. The molecule has 0 atom stereocenters. The summed E-state index contributed by atoms with van der Waals surface area (Å²) in [5.41, 5.74) is 1.36. The zero-order chi connectivity index (χ0) is 42.0. The summed E-state index contributed by atoms with van der Waals surface area (Å²) in [5, 5.41) is 3.45. The zero-order valence-electron chi connectivity index (χ0n) is 32.6. The van der Waals surface area contributed by atoms with Crippen molar-refractivity contribution in [2.75, 3.05) is 0 Å². The van der Waals surface area contributed by atoms with E-state index in [4.69, 9.17) is 18.9 Å². The number of carbonyl (C=O) groups is 4. The van der Waals surface area contributed by atoms with Crippen molar-refractivity contribution in [2.24, 2.45) is 0 Å². The number of esters is 4. The predicted molar refractivity (Wildman–Crippen MR) is 236 cm³/mol. The second-order valence-electron chi connectivity index (χ2n) is 13.9. The van der Waals surface area contributed by atoms with Crippen LogP contribution < -0.4 is 39.7 Å². The molecule has 8 rings (SSSR count).